The fourth-order valence-corrected chi connectivity index (χ4v) is 1.57. The van der Waals surface area contributed by atoms with Gasteiger partial charge >= 0.3 is 0 Å². The predicted octanol–water partition coefficient (Wildman–Crippen LogP) is 2.42. The van der Waals surface area contributed by atoms with Crippen molar-refractivity contribution in [2.75, 3.05) is 13.7 Å². The molecule has 0 aliphatic heterocycles. The maximum absolute atomic E-state index is 5.58. The molecule has 2 aromatic rings. The van der Waals surface area contributed by atoms with Gasteiger partial charge in [0.25, 0.3) is 0 Å². The molecule has 0 N–H and O–H groups in total. The van der Waals surface area contributed by atoms with E-state index in [1.165, 1.54) is 0 Å². The summed E-state index contributed by atoms with van der Waals surface area (Å²) in [6, 6.07) is 5.82. The number of pyridine rings is 2. The van der Waals surface area contributed by atoms with Gasteiger partial charge in [-0.05, 0) is 30.2 Å². The van der Waals surface area contributed by atoms with Crippen LogP contribution >= 0.6 is 0 Å². The summed E-state index contributed by atoms with van der Waals surface area (Å²) in [6.07, 6.45) is 6.03. The summed E-state index contributed by atoms with van der Waals surface area (Å²) >= 11 is 0. The second kappa shape index (κ2) is 6.00. The van der Waals surface area contributed by atoms with E-state index in [1.54, 1.807) is 19.5 Å². The number of rotatable bonds is 5. The molecular weight excluding hydrogens is 228 g/mol. The molecule has 94 valence electrons. The molecule has 4 nitrogen and oxygen atoms in total. The number of nitrogens with zero attached hydrogens (tertiary/aromatic N) is 2. The second-order valence-electron chi connectivity index (χ2n) is 4.00. The summed E-state index contributed by atoms with van der Waals surface area (Å²) in [4.78, 5) is 8.24. The van der Waals surface area contributed by atoms with Crippen LogP contribution in [0, 0.1) is 6.92 Å². The Labute approximate surface area is 107 Å². The van der Waals surface area contributed by atoms with Crippen LogP contribution in [0.15, 0.2) is 36.8 Å². The Hall–Kier alpha value is -2.10. The van der Waals surface area contributed by atoms with E-state index in [1.807, 2.05) is 31.3 Å². The zero-order valence-electron chi connectivity index (χ0n) is 10.6. The molecule has 2 rings (SSSR count). The molecule has 0 fully saturated rings. The Morgan fingerprint density at radius 2 is 2.11 bits per heavy atom. The minimum absolute atomic E-state index is 0.575. The van der Waals surface area contributed by atoms with Crippen molar-refractivity contribution in [3.8, 4) is 11.6 Å². The van der Waals surface area contributed by atoms with E-state index in [-0.39, 0.29) is 0 Å². The highest BCUT2D eigenvalue weighted by atomic mass is 16.5. The summed E-state index contributed by atoms with van der Waals surface area (Å²) in [6.45, 7) is 2.59. The van der Waals surface area contributed by atoms with Gasteiger partial charge in [0, 0.05) is 24.9 Å². The van der Waals surface area contributed by atoms with Gasteiger partial charge in [-0.1, -0.05) is 0 Å². The van der Waals surface area contributed by atoms with Gasteiger partial charge in [-0.15, -0.1) is 0 Å². The van der Waals surface area contributed by atoms with Crippen LogP contribution < -0.4 is 9.47 Å². The lowest BCUT2D eigenvalue weighted by Gasteiger charge is -2.06. The summed E-state index contributed by atoms with van der Waals surface area (Å²) in [5.74, 6) is 1.42. The summed E-state index contributed by atoms with van der Waals surface area (Å²) < 4.78 is 10.7. The van der Waals surface area contributed by atoms with Crippen LogP contribution in [0.2, 0.25) is 0 Å². The lowest BCUT2D eigenvalue weighted by molar-refractivity contribution is 0.309. The van der Waals surface area contributed by atoms with Crippen molar-refractivity contribution in [3.63, 3.8) is 0 Å². The normalized spacial score (nSPS) is 10.1. The van der Waals surface area contributed by atoms with E-state index < -0.39 is 0 Å². The molecule has 0 radical (unpaired) electrons. The smallest absolute Gasteiger partial charge is 0.213 e. The van der Waals surface area contributed by atoms with Crippen LogP contribution in [0.5, 0.6) is 11.6 Å². The number of aryl methyl sites for hydroxylation is 1. The first-order valence-corrected chi connectivity index (χ1v) is 5.81. The van der Waals surface area contributed by atoms with Gasteiger partial charge in [0.05, 0.1) is 19.9 Å². The van der Waals surface area contributed by atoms with Gasteiger partial charge in [-0.25, -0.2) is 4.98 Å². The third kappa shape index (κ3) is 3.45. The first-order valence-electron chi connectivity index (χ1n) is 5.81. The molecule has 0 aromatic carbocycles. The van der Waals surface area contributed by atoms with E-state index in [2.05, 4.69) is 9.97 Å². The van der Waals surface area contributed by atoms with Gasteiger partial charge in [0.1, 0.15) is 5.75 Å². The third-order valence-corrected chi connectivity index (χ3v) is 2.54. The van der Waals surface area contributed by atoms with Crippen LogP contribution in [-0.2, 0) is 6.42 Å². The molecule has 0 amide bonds. The van der Waals surface area contributed by atoms with Crippen molar-refractivity contribution in [2.24, 2.45) is 0 Å². The minimum Gasteiger partial charge on any atom is -0.495 e. The van der Waals surface area contributed by atoms with E-state index in [9.17, 15) is 0 Å². The molecule has 0 spiro atoms. The summed E-state index contributed by atoms with van der Waals surface area (Å²) in [7, 11) is 1.63. The van der Waals surface area contributed by atoms with Crippen molar-refractivity contribution in [2.45, 2.75) is 13.3 Å². The van der Waals surface area contributed by atoms with Gasteiger partial charge in [-0.3, -0.25) is 4.98 Å². The monoisotopic (exact) mass is 244 g/mol. The average Bonchev–Trinajstić information content (AvgIpc) is 2.39. The van der Waals surface area contributed by atoms with Gasteiger partial charge in [0.2, 0.25) is 5.88 Å². The van der Waals surface area contributed by atoms with Crippen LogP contribution in [-0.4, -0.2) is 23.7 Å². The van der Waals surface area contributed by atoms with E-state index in [4.69, 9.17) is 9.47 Å². The number of hydrogen-bond acceptors (Lipinski definition) is 4. The fraction of sp³-hybridized carbons (Fsp3) is 0.286. The highest BCUT2D eigenvalue weighted by molar-refractivity contribution is 5.24. The average molecular weight is 244 g/mol. The van der Waals surface area contributed by atoms with Gasteiger partial charge in [0.15, 0.2) is 0 Å². The zero-order chi connectivity index (χ0) is 12.8. The maximum Gasteiger partial charge on any atom is 0.213 e. The fourth-order valence-electron chi connectivity index (χ4n) is 1.57. The molecule has 0 saturated carbocycles. The lowest BCUT2D eigenvalue weighted by atomic mass is 10.2. The molecule has 18 heavy (non-hydrogen) atoms. The van der Waals surface area contributed by atoms with Crippen molar-refractivity contribution >= 4 is 0 Å². The Morgan fingerprint density at radius 1 is 1.22 bits per heavy atom. The van der Waals surface area contributed by atoms with Crippen molar-refractivity contribution in [3.05, 3.63) is 47.9 Å². The molecule has 4 heteroatoms. The highest BCUT2D eigenvalue weighted by Gasteiger charge is 1.99. The quantitative estimate of drug-likeness (QED) is 0.810. The number of aromatic nitrogens is 2. The third-order valence-electron chi connectivity index (χ3n) is 2.54. The molecule has 2 aromatic heterocycles. The highest BCUT2D eigenvalue weighted by Crippen LogP contribution is 2.12. The first kappa shape index (κ1) is 12.4. The van der Waals surface area contributed by atoms with E-state index >= 15 is 0 Å². The molecule has 2 heterocycles. The predicted molar refractivity (Wildman–Crippen MR) is 69.0 cm³/mol. The Morgan fingerprint density at radius 3 is 2.89 bits per heavy atom. The lowest BCUT2D eigenvalue weighted by Crippen LogP contribution is -2.03. The van der Waals surface area contributed by atoms with E-state index in [0.717, 1.165) is 23.3 Å². The van der Waals surface area contributed by atoms with Crippen molar-refractivity contribution in [1.82, 2.24) is 9.97 Å². The topological polar surface area (TPSA) is 44.2 Å². The first-order chi connectivity index (χ1) is 8.78. The van der Waals surface area contributed by atoms with E-state index in [0.29, 0.717) is 12.5 Å². The molecule has 0 unspecified atom stereocenters. The van der Waals surface area contributed by atoms with Crippen LogP contribution in [0.3, 0.4) is 0 Å². The molecular formula is C14H16N2O2. The summed E-state index contributed by atoms with van der Waals surface area (Å²) in [5, 5.41) is 0. The Kier molecular flexibility index (Phi) is 4.12. The molecule has 0 aliphatic carbocycles. The van der Waals surface area contributed by atoms with Crippen LogP contribution in [0.25, 0.3) is 0 Å². The second-order valence-corrected chi connectivity index (χ2v) is 4.00. The molecule has 0 atom stereocenters. The Balaban J connectivity index is 1.88. The number of hydrogen-bond donors (Lipinski definition) is 0. The zero-order valence-corrected chi connectivity index (χ0v) is 10.6. The molecule has 0 saturated heterocycles. The molecule has 0 aliphatic rings. The van der Waals surface area contributed by atoms with Crippen molar-refractivity contribution in [1.29, 1.82) is 0 Å². The molecule has 0 bridgehead atoms. The van der Waals surface area contributed by atoms with Crippen LogP contribution in [0.1, 0.15) is 11.1 Å². The van der Waals surface area contributed by atoms with Crippen LogP contribution in [0.4, 0.5) is 0 Å². The van der Waals surface area contributed by atoms with Crippen molar-refractivity contribution < 1.29 is 9.47 Å². The van der Waals surface area contributed by atoms with Gasteiger partial charge < -0.3 is 9.47 Å². The largest absolute Gasteiger partial charge is 0.495 e. The number of methoxy groups -OCH3 is 1. The Bertz CT molecular complexity index is 515. The maximum atomic E-state index is 5.58. The van der Waals surface area contributed by atoms with Gasteiger partial charge in [-0.2, -0.15) is 0 Å². The SMILES string of the molecule is COc1cncc(CCOc2cc(C)ccn2)c1. The minimum atomic E-state index is 0.575. The standard InChI is InChI=1S/C14H16N2O2/c1-11-3-5-16-14(7-11)18-6-4-12-8-13(17-2)10-15-9-12/h3,5,7-10H,4,6H2,1-2H3. The summed E-state index contributed by atoms with van der Waals surface area (Å²) in [5.41, 5.74) is 2.23. The number of ether oxygens (including phenoxy) is 2.